The summed E-state index contributed by atoms with van der Waals surface area (Å²) < 4.78 is 5.38. The van der Waals surface area contributed by atoms with Gasteiger partial charge < -0.3 is 10.5 Å². The summed E-state index contributed by atoms with van der Waals surface area (Å²) in [6.07, 6.45) is 0.0681. The van der Waals surface area contributed by atoms with Gasteiger partial charge in [0.15, 0.2) is 0 Å². The van der Waals surface area contributed by atoms with Gasteiger partial charge in [-0.3, -0.25) is 4.90 Å². The molecule has 0 fully saturated rings. The maximum Gasteiger partial charge on any atom is 0.136 e. The van der Waals surface area contributed by atoms with Crippen LogP contribution in [-0.4, -0.2) is 19.1 Å². The lowest BCUT2D eigenvalue weighted by molar-refractivity contribution is -0.00919. The average molecular weight is 178 g/mol. The van der Waals surface area contributed by atoms with Crippen molar-refractivity contribution in [2.45, 2.75) is 12.8 Å². The Balaban J connectivity index is 2.44. The molecule has 1 aromatic rings. The number of nitrogen functional groups attached to an aromatic ring is 1. The van der Waals surface area contributed by atoms with Crippen LogP contribution in [0.4, 0.5) is 5.69 Å². The van der Waals surface area contributed by atoms with Crippen LogP contribution in [0.1, 0.15) is 17.4 Å². The largest absolute Gasteiger partial charge is 0.399 e. The molecule has 3 heteroatoms. The number of anilines is 1. The fourth-order valence-electron chi connectivity index (χ4n) is 1.88. The van der Waals surface area contributed by atoms with E-state index in [0.717, 1.165) is 12.2 Å². The Labute approximate surface area is 78.1 Å². The van der Waals surface area contributed by atoms with Crippen LogP contribution in [0.2, 0.25) is 0 Å². The SMILES string of the molecule is COC1c2cc(N)ccc2CN1C. The Morgan fingerprint density at radius 3 is 3.00 bits per heavy atom. The van der Waals surface area contributed by atoms with Gasteiger partial charge in [0, 0.05) is 24.9 Å². The smallest absolute Gasteiger partial charge is 0.136 e. The zero-order chi connectivity index (χ0) is 9.42. The van der Waals surface area contributed by atoms with Gasteiger partial charge in [-0.05, 0) is 24.7 Å². The van der Waals surface area contributed by atoms with Gasteiger partial charge in [0.05, 0.1) is 0 Å². The van der Waals surface area contributed by atoms with Crippen LogP contribution in [0, 0.1) is 0 Å². The number of benzene rings is 1. The Bertz CT molecular complexity index is 325. The van der Waals surface area contributed by atoms with Crippen LogP contribution in [0.5, 0.6) is 0 Å². The topological polar surface area (TPSA) is 38.5 Å². The second kappa shape index (κ2) is 3.01. The van der Waals surface area contributed by atoms with Crippen molar-refractivity contribution in [1.82, 2.24) is 4.90 Å². The lowest BCUT2D eigenvalue weighted by atomic mass is 10.1. The molecule has 1 aliphatic heterocycles. The highest BCUT2D eigenvalue weighted by Gasteiger charge is 2.26. The monoisotopic (exact) mass is 178 g/mol. The van der Waals surface area contributed by atoms with Crippen molar-refractivity contribution in [2.24, 2.45) is 0 Å². The summed E-state index contributed by atoms with van der Waals surface area (Å²) in [6.45, 7) is 0.939. The Kier molecular flexibility index (Phi) is 1.98. The third-order valence-electron chi connectivity index (χ3n) is 2.48. The number of rotatable bonds is 1. The summed E-state index contributed by atoms with van der Waals surface area (Å²) in [6, 6.07) is 6.00. The van der Waals surface area contributed by atoms with Gasteiger partial charge in [-0.1, -0.05) is 6.07 Å². The number of fused-ring (bicyclic) bond motifs is 1. The van der Waals surface area contributed by atoms with E-state index in [1.54, 1.807) is 7.11 Å². The zero-order valence-electron chi connectivity index (χ0n) is 7.95. The van der Waals surface area contributed by atoms with E-state index in [2.05, 4.69) is 11.0 Å². The molecule has 2 N–H and O–H groups in total. The maximum absolute atomic E-state index is 5.72. The van der Waals surface area contributed by atoms with Crippen molar-refractivity contribution in [3.63, 3.8) is 0 Å². The Morgan fingerprint density at radius 2 is 2.31 bits per heavy atom. The van der Waals surface area contributed by atoms with Crippen molar-refractivity contribution >= 4 is 5.69 Å². The van der Waals surface area contributed by atoms with E-state index in [0.29, 0.717) is 0 Å². The first-order valence-corrected chi connectivity index (χ1v) is 4.33. The number of methoxy groups -OCH3 is 1. The van der Waals surface area contributed by atoms with Crippen LogP contribution in [0.3, 0.4) is 0 Å². The minimum atomic E-state index is 0.0681. The molecule has 0 aliphatic carbocycles. The van der Waals surface area contributed by atoms with Crippen LogP contribution in [0.15, 0.2) is 18.2 Å². The first kappa shape index (κ1) is 8.53. The predicted molar refractivity (Wildman–Crippen MR) is 52.1 cm³/mol. The zero-order valence-corrected chi connectivity index (χ0v) is 7.95. The number of hydrogen-bond donors (Lipinski definition) is 1. The van der Waals surface area contributed by atoms with E-state index in [1.165, 1.54) is 11.1 Å². The first-order valence-electron chi connectivity index (χ1n) is 4.33. The van der Waals surface area contributed by atoms with E-state index in [9.17, 15) is 0 Å². The number of ether oxygens (including phenoxy) is 1. The molecular formula is C10H14N2O. The van der Waals surface area contributed by atoms with E-state index in [4.69, 9.17) is 10.5 Å². The third kappa shape index (κ3) is 1.30. The number of nitrogens with zero attached hydrogens (tertiary/aromatic N) is 1. The number of hydrogen-bond acceptors (Lipinski definition) is 3. The van der Waals surface area contributed by atoms with Gasteiger partial charge in [-0.25, -0.2) is 0 Å². The second-order valence-electron chi connectivity index (χ2n) is 3.46. The number of nitrogens with two attached hydrogens (primary N) is 1. The van der Waals surface area contributed by atoms with Crippen LogP contribution in [-0.2, 0) is 11.3 Å². The lowest BCUT2D eigenvalue weighted by Crippen LogP contribution is -2.17. The van der Waals surface area contributed by atoms with E-state index < -0.39 is 0 Å². The molecular weight excluding hydrogens is 164 g/mol. The van der Waals surface area contributed by atoms with Gasteiger partial charge in [-0.15, -0.1) is 0 Å². The van der Waals surface area contributed by atoms with Crippen molar-refractivity contribution < 1.29 is 4.74 Å². The minimum Gasteiger partial charge on any atom is -0.399 e. The van der Waals surface area contributed by atoms with E-state index in [-0.39, 0.29) is 6.23 Å². The molecule has 2 rings (SSSR count). The highest BCUT2D eigenvalue weighted by atomic mass is 16.5. The summed E-state index contributed by atoms with van der Waals surface area (Å²) in [4.78, 5) is 2.16. The molecule has 0 amide bonds. The Hall–Kier alpha value is -1.06. The first-order chi connectivity index (χ1) is 6.22. The molecule has 0 saturated heterocycles. The second-order valence-corrected chi connectivity index (χ2v) is 3.46. The molecule has 0 spiro atoms. The fraction of sp³-hybridized carbons (Fsp3) is 0.400. The summed E-state index contributed by atoms with van der Waals surface area (Å²) in [5.41, 5.74) is 9.03. The van der Waals surface area contributed by atoms with E-state index in [1.807, 2.05) is 19.2 Å². The quantitative estimate of drug-likeness (QED) is 0.660. The molecule has 0 saturated carbocycles. The van der Waals surface area contributed by atoms with Gasteiger partial charge in [0.1, 0.15) is 6.23 Å². The van der Waals surface area contributed by atoms with Crippen LogP contribution in [0.25, 0.3) is 0 Å². The van der Waals surface area contributed by atoms with Crippen LogP contribution >= 0.6 is 0 Å². The highest BCUT2D eigenvalue weighted by molar-refractivity contribution is 5.47. The predicted octanol–water partition coefficient (Wildman–Crippen LogP) is 1.36. The normalized spacial score (nSPS) is 21.8. The van der Waals surface area contributed by atoms with Crippen LogP contribution < -0.4 is 5.73 Å². The van der Waals surface area contributed by atoms with Gasteiger partial charge >= 0.3 is 0 Å². The van der Waals surface area contributed by atoms with E-state index >= 15 is 0 Å². The molecule has 70 valence electrons. The molecule has 1 unspecified atom stereocenters. The molecule has 1 heterocycles. The Morgan fingerprint density at radius 1 is 1.54 bits per heavy atom. The summed E-state index contributed by atoms with van der Waals surface area (Å²) in [7, 11) is 3.77. The maximum atomic E-state index is 5.72. The van der Waals surface area contributed by atoms with Gasteiger partial charge in [-0.2, -0.15) is 0 Å². The third-order valence-corrected chi connectivity index (χ3v) is 2.48. The molecule has 1 atom stereocenters. The molecule has 1 aliphatic rings. The average Bonchev–Trinajstić information content (AvgIpc) is 2.40. The standard InChI is InChI=1S/C10H14N2O/c1-12-6-7-3-4-8(11)5-9(7)10(12)13-2/h3-5,10H,6,11H2,1-2H3. The molecule has 13 heavy (non-hydrogen) atoms. The summed E-state index contributed by atoms with van der Waals surface area (Å²) in [5.74, 6) is 0. The summed E-state index contributed by atoms with van der Waals surface area (Å²) in [5, 5.41) is 0. The van der Waals surface area contributed by atoms with Gasteiger partial charge in [0.25, 0.3) is 0 Å². The van der Waals surface area contributed by atoms with Crippen molar-refractivity contribution in [1.29, 1.82) is 0 Å². The highest BCUT2D eigenvalue weighted by Crippen LogP contribution is 2.33. The molecule has 1 aromatic carbocycles. The molecule has 0 radical (unpaired) electrons. The molecule has 0 aromatic heterocycles. The van der Waals surface area contributed by atoms with Crippen molar-refractivity contribution in [2.75, 3.05) is 19.9 Å². The minimum absolute atomic E-state index is 0.0681. The van der Waals surface area contributed by atoms with Crippen molar-refractivity contribution in [3.05, 3.63) is 29.3 Å². The summed E-state index contributed by atoms with van der Waals surface area (Å²) >= 11 is 0. The fourth-order valence-corrected chi connectivity index (χ4v) is 1.88. The van der Waals surface area contributed by atoms with Gasteiger partial charge in [0.2, 0.25) is 0 Å². The molecule has 0 bridgehead atoms. The lowest BCUT2D eigenvalue weighted by Gasteiger charge is -2.18. The van der Waals surface area contributed by atoms with Crippen molar-refractivity contribution in [3.8, 4) is 0 Å². The molecule has 3 nitrogen and oxygen atoms in total.